The molecule has 1 aliphatic heterocycles. The van der Waals surface area contributed by atoms with Crippen LogP contribution in [0.3, 0.4) is 0 Å². The van der Waals surface area contributed by atoms with Crippen LogP contribution in [0.2, 0.25) is 0 Å². The third-order valence-electron chi connectivity index (χ3n) is 4.61. The van der Waals surface area contributed by atoms with Crippen LogP contribution < -0.4 is 19.6 Å². The Labute approximate surface area is 164 Å². The lowest BCUT2D eigenvalue weighted by atomic mass is 10.1. The number of nitrogens with one attached hydrogen (secondary N) is 1. The number of hydrogen-bond acceptors (Lipinski definition) is 6. The second-order valence-electron chi connectivity index (χ2n) is 6.30. The minimum Gasteiger partial charge on any atom is -0.496 e. The van der Waals surface area contributed by atoms with Gasteiger partial charge in [-0.15, -0.1) is 0 Å². The quantitative estimate of drug-likeness (QED) is 0.560. The maximum absolute atomic E-state index is 12.3. The minimum absolute atomic E-state index is 0.172. The van der Waals surface area contributed by atoms with Gasteiger partial charge in [0.15, 0.2) is 11.5 Å². The molecule has 28 heavy (non-hydrogen) atoms. The molecule has 0 atom stereocenters. The summed E-state index contributed by atoms with van der Waals surface area (Å²) in [6, 6.07) is 10.9. The molecule has 0 radical (unpaired) electrons. The Bertz CT molecular complexity index is 863. The van der Waals surface area contributed by atoms with Crippen molar-refractivity contribution in [3.05, 3.63) is 53.1 Å². The third-order valence-corrected chi connectivity index (χ3v) is 4.61. The van der Waals surface area contributed by atoms with E-state index in [0.717, 1.165) is 36.5 Å². The molecule has 3 rings (SSSR count). The SMILES string of the molecule is CCN(CC)Cc1cc(C=NNC(=O)c2ccc3c(c2)OCO3)ccc1OC. The fraction of sp³-hybridized carbons (Fsp3) is 0.333. The summed E-state index contributed by atoms with van der Waals surface area (Å²) < 4.78 is 16.0. The van der Waals surface area contributed by atoms with Crippen LogP contribution >= 0.6 is 0 Å². The maximum Gasteiger partial charge on any atom is 0.271 e. The third kappa shape index (κ3) is 4.61. The summed E-state index contributed by atoms with van der Waals surface area (Å²) in [7, 11) is 1.67. The van der Waals surface area contributed by atoms with Gasteiger partial charge >= 0.3 is 0 Å². The molecule has 0 saturated carbocycles. The van der Waals surface area contributed by atoms with Gasteiger partial charge in [0.05, 0.1) is 13.3 Å². The van der Waals surface area contributed by atoms with E-state index in [9.17, 15) is 4.79 Å². The predicted molar refractivity (Wildman–Crippen MR) is 107 cm³/mol. The molecule has 0 bridgehead atoms. The largest absolute Gasteiger partial charge is 0.496 e. The summed E-state index contributed by atoms with van der Waals surface area (Å²) >= 11 is 0. The number of rotatable bonds is 8. The second-order valence-corrected chi connectivity index (χ2v) is 6.30. The van der Waals surface area contributed by atoms with Crippen molar-refractivity contribution in [1.82, 2.24) is 10.3 Å². The van der Waals surface area contributed by atoms with Gasteiger partial charge in [-0.1, -0.05) is 13.8 Å². The molecule has 0 unspecified atom stereocenters. The standard InChI is InChI=1S/C21H25N3O4/c1-4-24(5-2)13-17-10-15(6-8-18(17)26-3)12-22-23-21(25)16-7-9-19-20(11-16)28-14-27-19/h6-12H,4-5,13-14H2,1-3H3,(H,23,25). The summed E-state index contributed by atoms with van der Waals surface area (Å²) in [6.07, 6.45) is 1.62. The van der Waals surface area contributed by atoms with Crippen LogP contribution in [0.1, 0.15) is 35.3 Å². The van der Waals surface area contributed by atoms with E-state index in [-0.39, 0.29) is 12.7 Å². The zero-order chi connectivity index (χ0) is 19.9. The predicted octanol–water partition coefficient (Wildman–Crippen LogP) is 3.03. The number of carbonyl (C=O) groups excluding carboxylic acids is 1. The van der Waals surface area contributed by atoms with E-state index in [2.05, 4.69) is 29.3 Å². The molecule has 0 aliphatic carbocycles. The average molecular weight is 383 g/mol. The van der Waals surface area contributed by atoms with E-state index < -0.39 is 0 Å². The van der Waals surface area contributed by atoms with E-state index >= 15 is 0 Å². The number of carbonyl (C=O) groups is 1. The number of hydrazone groups is 1. The molecule has 1 amide bonds. The van der Waals surface area contributed by atoms with E-state index in [1.54, 1.807) is 31.5 Å². The lowest BCUT2D eigenvalue weighted by Gasteiger charge is -2.19. The Hall–Kier alpha value is -3.06. The molecule has 0 aromatic heterocycles. The van der Waals surface area contributed by atoms with Gasteiger partial charge in [-0.3, -0.25) is 9.69 Å². The average Bonchev–Trinajstić information content (AvgIpc) is 3.20. The van der Waals surface area contributed by atoms with Crippen molar-refractivity contribution < 1.29 is 19.0 Å². The van der Waals surface area contributed by atoms with Crippen LogP contribution in [-0.2, 0) is 6.54 Å². The first kappa shape index (κ1) is 19.7. The van der Waals surface area contributed by atoms with Crippen LogP contribution in [0.5, 0.6) is 17.2 Å². The molecular weight excluding hydrogens is 358 g/mol. The molecule has 7 nitrogen and oxygen atoms in total. The van der Waals surface area contributed by atoms with E-state index in [1.807, 2.05) is 18.2 Å². The van der Waals surface area contributed by atoms with Gasteiger partial charge in [-0.25, -0.2) is 5.43 Å². The highest BCUT2D eigenvalue weighted by atomic mass is 16.7. The van der Waals surface area contributed by atoms with Crippen LogP contribution in [0.25, 0.3) is 0 Å². The monoisotopic (exact) mass is 383 g/mol. The zero-order valence-corrected chi connectivity index (χ0v) is 16.4. The van der Waals surface area contributed by atoms with Crippen molar-refractivity contribution in [3.8, 4) is 17.2 Å². The van der Waals surface area contributed by atoms with Gasteiger partial charge in [0.25, 0.3) is 5.91 Å². The highest BCUT2D eigenvalue weighted by Gasteiger charge is 2.16. The van der Waals surface area contributed by atoms with Crippen molar-refractivity contribution >= 4 is 12.1 Å². The molecule has 2 aromatic rings. The molecule has 148 valence electrons. The first-order valence-corrected chi connectivity index (χ1v) is 9.27. The van der Waals surface area contributed by atoms with E-state index in [4.69, 9.17) is 14.2 Å². The number of ether oxygens (including phenoxy) is 3. The van der Waals surface area contributed by atoms with Crippen LogP contribution in [0, 0.1) is 0 Å². The summed E-state index contributed by atoms with van der Waals surface area (Å²) in [4.78, 5) is 14.6. The summed E-state index contributed by atoms with van der Waals surface area (Å²) in [5.41, 5.74) is 4.96. The van der Waals surface area contributed by atoms with Crippen LogP contribution in [-0.4, -0.2) is 44.0 Å². The maximum atomic E-state index is 12.3. The molecule has 7 heteroatoms. The highest BCUT2D eigenvalue weighted by molar-refractivity contribution is 5.95. The lowest BCUT2D eigenvalue weighted by molar-refractivity contribution is 0.0954. The topological polar surface area (TPSA) is 72.4 Å². The highest BCUT2D eigenvalue weighted by Crippen LogP contribution is 2.32. The van der Waals surface area contributed by atoms with Gasteiger partial charge < -0.3 is 14.2 Å². The van der Waals surface area contributed by atoms with Crippen molar-refractivity contribution in [1.29, 1.82) is 0 Å². The van der Waals surface area contributed by atoms with Crippen molar-refractivity contribution in [2.75, 3.05) is 27.0 Å². The summed E-state index contributed by atoms with van der Waals surface area (Å²) in [6.45, 7) is 7.15. The lowest BCUT2D eigenvalue weighted by Crippen LogP contribution is -2.22. The molecule has 1 aliphatic rings. The molecule has 1 N–H and O–H groups in total. The first-order valence-electron chi connectivity index (χ1n) is 9.27. The Morgan fingerprint density at radius 2 is 1.96 bits per heavy atom. The Morgan fingerprint density at radius 1 is 1.18 bits per heavy atom. The summed E-state index contributed by atoms with van der Waals surface area (Å²) in [5, 5.41) is 4.08. The fourth-order valence-electron chi connectivity index (χ4n) is 2.96. The van der Waals surface area contributed by atoms with Crippen LogP contribution in [0.4, 0.5) is 0 Å². The smallest absolute Gasteiger partial charge is 0.271 e. The molecule has 0 fully saturated rings. The fourth-order valence-corrected chi connectivity index (χ4v) is 2.96. The van der Waals surface area contributed by atoms with Gasteiger partial charge in [0.2, 0.25) is 6.79 Å². The van der Waals surface area contributed by atoms with Crippen LogP contribution in [0.15, 0.2) is 41.5 Å². The zero-order valence-electron chi connectivity index (χ0n) is 16.4. The number of methoxy groups -OCH3 is 1. The van der Waals surface area contributed by atoms with Gasteiger partial charge in [-0.2, -0.15) is 5.10 Å². The number of fused-ring (bicyclic) bond motifs is 1. The molecular formula is C21H25N3O4. The van der Waals surface area contributed by atoms with Crippen molar-refractivity contribution in [2.24, 2.45) is 5.10 Å². The van der Waals surface area contributed by atoms with Gasteiger partial charge in [0.1, 0.15) is 5.75 Å². The number of hydrogen-bond donors (Lipinski definition) is 1. The van der Waals surface area contributed by atoms with Gasteiger partial charge in [0, 0.05) is 17.7 Å². The van der Waals surface area contributed by atoms with Crippen molar-refractivity contribution in [3.63, 3.8) is 0 Å². The Kier molecular flexibility index (Phi) is 6.49. The van der Waals surface area contributed by atoms with Crippen molar-refractivity contribution in [2.45, 2.75) is 20.4 Å². The molecule has 2 aromatic carbocycles. The van der Waals surface area contributed by atoms with E-state index in [0.29, 0.717) is 17.1 Å². The summed E-state index contributed by atoms with van der Waals surface area (Å²) in [5.74, 6) is 1.73. The second kappa shape index (κ2) is 9.23. The Balaban J connectivity index is 1.67. The van der Waals surface area contributed by atoms with Gasteiger partial charge in [-0.05, 0) is 55.1 Å². The van der Waals surface area contributed by atoms with E-state index in [1.165, 1.54) is 0 Å². The molecule has 0 spiro atoms. The number of amides is 1. The number of nitrogens with zero attached hydrogens (tertiary/aromatic N) is 2. The molecule has 0 saturated heterocycles. The normalized spacial score (nSPS) is 12.6. The molecule has 1 heterocycles. The first-order chi connectivity index (χ1) is 13.6. The minimum atomic E-state index is -0.313. The number of benzene rings is 2. The Morgan fingerprint density at radius 3 is 2.71 bits per heavy atom.